The highest BCUT2D eigenvalue weighted by Crippen LogP contribution is 2.38. The lowest BCUT2D eigenvalue weighted by Gasteiger charge is -2.47. The second-order valence-electron chi connectivity index (χ2n) is 5.22. The van der Waals surface area contributed by atoms with E-state index in [0.717, 1.165) is 0 Å². The summed E-state index contributed by atoms with van der Waals surface area (Å²) in [5.74, 6) is 0.144. The molecule has 13 heavy (non-hydrogen) atoms. The highest BCUT2D eigenvalue weighted by Gasteiger charge is 2.50. The fourth-order valence-corrected chi connectivity index (χ4v) is 2.32. The molecular formula is C10H19NO2. The number of nitrogens with zero attached hydrogens (tertiary/aromatic N) is 1. The molecule has 0 aromatic heterocycles. The zero-order chi connectivity index (χ0) is 10.4. The second-order valence-corrected chi connectivity index (χ2v) is 5.22. The van der Waals surface area contributed by atoms with Crippen LogP contribution in [0.2, 0.25) is 0 Å². The van der Waals surface area contributed by atoms with Crippen LogP contribution >= 0.6 is 0 Å². The van der Waals surface area contributed by atoms with Crippen molar-refractivity contribution in [2.45, 2.75) is 33.9 Å². The van der Waals surface area contributed by atoms with Gasteiger partial charge in [0, 0.05) is 12.0 Å². The molecule has 76 valence electrons. The maximum atomic E-state index is 11.9. The first-order valence-corrected chi connectivity index (χ1v) is 4.63. The molecule has 0 saturated carbocycles. The van der Waals surface area contributed by atoms with Crippen molar-refractivity contribution in [2.24, 2.45) is 10.8 Å². The van der Waals surface area contributed by atoms with Crippen molar-refractivity contribution in [1.82, 2.24) is 4.90 Å². The molecule has 0 amide bonds. The van der Waals surface area contributed by atoms with Gasteiger partial charge in [-0.1, -0.05) is 13.8 Å². The Labute approximate surface area is 79.7 Å². The normalized spacial score (nSPS) is 33.4. The lowest BCUT2D eigenvalue weighted by molar-refractivity contribution is -0.167. The fraction of sp³-hybridized carbons (Fsp3) is 0.900. The van der Waals surface area contributed by atoms with Crippen LogP contribution in [0.3, 0.4) is 0 Å². The molecule has 1 fully saturated rings. The highest BCUT2D eigenvalue weighted by molar-refractivity contribution is 5.90. The number of aliphatic hydroxyl groups excluding tert-OH is 1. The number of piperidine rings is 1. The molecular weight excluding hydrogens is 166 g/mol. The quantitative estimate of drug-likeness (QED) is 0.609. The van der Waals surface area contributed by atoms with Gasteiger partial charge in [-0.2, -0.15) is 0 Å². The van der Waals surface area contributed by atoms with Crippen molar-refractivity contribution >= 4 is 5.78 Å². The molecule has 1 saturated heterocycles. The van der Waals surface area contributed by atoms with Crippen molar-refractivity contribution in [2.75, 3.05) is 13.6 Å². The molecule has 1 unspecified atom stereocenters. The van der Waals surface area contributed by atoms with Gasteiger partial charge in [0.15, 0.2) is 0 Å². The van der Waals surface area contributed by atoms with Gasteiger partial charge in [-0.05, 0) is 20.9 Å². The maximum absolute atomic E-state index is 11.9. The minimum Gasteiger partial charge on any atom is -0.377 e. The van der Waals surface area contributed by atoms with Gasteiger partial charge in [0.05, 0.1) is 5.41 Å². The van der Waals surface area contributed by atoms with E-state index in [1.165, 1.54) is 0 Å². The molecule has 0 spiro atoms. The van der Waals surface area contributed by atoms with Crippen molar-refractivity contribution in [3.8, 4) is 0 Å². The van der Waals surface area contributed by atoms with Crippen LogP contribution < -0.4 is 0 Å². The van der Waals surface area contributed by atoms with Crippen LogP contribution in [0.15, 0.2) is 0 Å². The lowest BCUT2D eigenvalue weighted by atomic mass is 9.69. The van der Waals surface area contributed by atoms with Crippen LogP contribution in [0.4, 0.5) is 0 Å². The van der Waals surface area contributed by atoms with Crippen LogP contribution in [0.1, 0.15) is 27.7 Å². The average Bonchev–Trinajstić information content (AvgIpc) is 1.98. The predicted octanol–water partition coefficient (Wildman–Crippen LogP) is 0.872. The molecule has 1 heterocycles. The van der Waals surface area contributed by atoms with E-state index in [-0.39, 0.29) is 11.2 Å². The van der Waals surface area contributed by atoms with Crippen LogP contribution in [0.5, 0.6) is 0 Å². The standard InChI is InChI=1S/C10H19NO2/c1-9(2)6-11(5)8(13)10(3,4)7(9)12/h8,13H,6H2,1-5H3. The van der Waals surface area contributed by atoms with Gasteiger partial charge in [0.25, 0.3) is 0 Å². The van der Waals surface area contributed by atoms with Gasteiger partial charge in [0.1, 0.15) is 12.0 Å². The molecule has 1 aliphatic heterocycles. The van der Waals surface area contributed by atoms with E-state index < -0.39 is 11.6 Å². The first-order valence-electron chi connectivity index (χ1n) is 4.63. The molecule has 1 N–H and O–H groups in total. The number of hydrogen-bond acceptors (Lipinski definition) is 3. The molecule has 1 rings (SSSR count). The summed E-state index contributed by atoms with van der Waals surface area (Å²) in [6.45, 7) is 8.09. The monoisotopic (exact) mass is 185 g/mol. The highest BCUT2D eigenvalue weighted by atomic mass is 16.3. The third-order valence-electron chi connectivity index (χ3n) is 2.91. The summed E-state index contributed by atoms with van der Waals surface area (Å²) in [5.41, 5.74) is -1.01. The number of ketones is 1. The first-order chi connectivity index (χ1) is 5.69. The number of likely N-dealkylation sites (tertiary alicyclic amines) is 1. The Hall–Kier alpha value is -0.410. The molecule has 0 aliphatic carbocycles. The molecule has 3 nitrogen and oxygen atoms in total. The summed E-state index contributed by atoms with van der Waals surface area (Å²) in [5, 5.41) is 9.81. The van der Waals surface area contributed by atoms with Crippen molar-refractivity contribution < 1.29 is 9.90 Å². The average molecular weight is 185 g/mol. The summed E-state index contributed by atoms with van der Waals surface area (Å²) < 4.78 is 0. The number of aliphatic hydroxyl groups is 1. The Kier molecular flexibility index (Phi) is 2.29. The van der Waals surface area contributed by atoms with Crippen LogP contribution in [-0.2, 0) is 4.79 Å². The lowest BCUT2D eigenvalue weighted by Crippen LogP contribution is -2.60. The number of carbonyl (C=O) groups excluding carboxylic acids is 1. The smallest absolute Gasteiger partial charge is 0.149 e. The Balaban J connectivity index is 3.03. The molecule has 0 aromatic rings. The van der Waals surface area contributed by atoms with Crippen LogP contribution in [0.25, 0.3) is 0 Å². The Morgan fingerprint density at radius 2 is 1.85 bits per heavy atom. The zero-order valence-electron chi connectivity index (χ0n) is 9.09. The summed E-state index contributed by atoms with van der Waals surface area (Å²) >= 11 is 0. The minimum absolute atomic E-state index is 0.144. The van der Waals surface area contributed by atoms with Gasteiger partial charge >= 0.3 is 0 Å². The van der Waals surface area contributed by atoms with E-state index in [4.69, 9.17) is 0 Å². The second kappa shape index (κ2) is 2.79. The number of rotatable bonds is 0. The van der Waals surface area contributed by atoms with E-state index in [2.05, 4.69) is 0 Å². The molecule has 0 aromatic carbocycles. The third kappa shape index (κ3) is 1.51. The Bertz CT molecular complexity index is 233. The minimum atomic E-state index is -0.659. The maximum Gasteiger partial charge on any atom is 0.149 e. The van der Waals surface area contributed by atoms with E-state index in [0.29, 0.717) is 6.54 Å². The largest absolute Gasteiger partial charge is 0.377 e. The molecule has 3 heteroatoms. The van der Waals surface area contributed by atoms with E-state index >= 15 is 0 Å². The van der Waals surface area contributed by atoms with E-state index in [1.54, 1.807) is 13.8 Å². The number of hydrogen-bond donors (Lipinski definition) is 1. The van der Waals surface area contributed by atoms with Gasteiger partial charge in [-0.15, -0.1) is 0 Å². The summed E-state index contributed by atoms with van der Waals surface area (Å²) in [7, 11) is 1.85. The van der Waals surface area contributed by atoms with E-state index in [1.807, 2.05) is 25.8 Å². The summed E-state index contributed by atoms with van der Waals surface area (Å²) in [6.07, 6.45) is -0.659. The Morgan fingerprint density at radius 1 is 1.38 bits per heavy atom. The topological polar surface area (TPSA) is 40.5 Å². The third-order valence-corrected chi connectivity index (χ3v) is 2.91. The van der Waals surface area contributed by atoms with Gasteiger partial charge < -0.3 is 5.11 Å². The summed E-state index contributed by atoms with van der Waals surface area (Å²) in [6, 6.07) is 0. The van der Waals surface area contributed by atoms with Crippen LogP contribution in [-0.4, -0.2) is 35.6 Å². The van der Waals surface area contributed by atoms with Crippen LogP contribution in [0, 0.1) is 10.8 Å². The van der Waals surface area contributed by atoms with E-state index in [9.17, 15) is 9.90 Å². The molecule has 0 radical (unpaired) electrons. The predicted molar refractivity (Wildman–Crippen MR) is 51.2 cm³/mol. The number of Topliss-reactive ketones (excluding diaryl/α,β-unsaturated/α-hetero) is 1. The molecule has 1 atom stereocenters. The van der Waals surface area contributed by atoms with Crippen molar-refractivity contribution in [3.05, 3.63) is 0 Å². The van der Waals surface area contributed by atoms with Crippen molar-refractivity contribution in [1.29, 1.82) is 0 Å². The number of carbonyl (C=O) groups is 1. The molecule has 1 aliphatic rings. The van der Waals surface area contributed by atoms with Crippen molar-refractivity contribution in [3.63, 3.8) is 0 Å². The first kappa shape index (κ1) is 10.7. The van der Waals surface area contributed by atoms with Gasteiger partial charge in [0.2, 0.25) is 0 Å². The zero-order valence-corrected chi connectivity index (χ0v) is 9.09. The van der Waals surface area contributed by atoms with Gasteiger partial charge in [-0.25, -0.2) is 0 Å². The fourth-order valence-electron chi connectivity index (χ4n) is 2.32. The SMILES string of the molecule is CN1CC(C)(C)C(=O)C(C)(C)C1O. The Morgan fingerprint density at radius 3 is 2.31 bits per heavy atom. The summed E-state index contributed by atoms with van der Waals surface area (Å²) in [4.78, 5) is 13.8. The van der Waals surface area contributed by atoms with Gasteiger partial charge in [-0.3, -0.25) is 9.69 Å². The molecule has 0 bridgehead atoms.